The van der Waals surface area contributed by atoms with Gasteiger partial charge >= 0.3 is 0 Å². The maximum absolute atomic E-state index is 12.4. The van der Waals surface area contributed by atoms with Gasteiger partial charge in [-0.2, -0.15) is 4.31 Å². The highest BCUT2D eigenvalue weighted by atomic mass is 79.9. The summed E-state index contributed by atoms with van der Waals surface area (Å²) < 4.78 is 32.2. The molecule has 18 heavy (non-hydrogen) atoms. The molecule has 1 aromatic rings. The van der Waals surface area contributed by atoms with Gasteiger partial charge in [-0.3, -0.25) is 0 Å². The molecule has 1 fully saturated rings. The van der Waals surface area contributed by atoms with E-state index in [1.807, 2.05) is 0 Å². The molecule has 5 nitrogen and oxygen atoms in total. The predicted octanol–water partition coefficient (Wildman–Crippen LogP) is 1.44. The van der Waals surface area contributed by atoms with Crippen LogP contribution in [0, 0.1) is 0 Å². The van der Waals surface area contributed by atoms with Crippen molar-refractivity contribution in [2.24, 2.45) is 0 Å². The zero-order chi connectivity index (χ0) is 13.2. The Labute approximate surface area is 115 Å². The third kappa shape index (κ3) is 2.85. The van der Waals surface area contributed by atoms with Crippen LogP contribution in [0.2, 0.25) is 0 Å². The van der Waals surface area contributed by atoms with Gasteiger partial charge in [0.25, 0.3) is 0 Å². The van der Waals surface area contributed by atoms with Crippen molar-refractivity contribution < 1.29 is 13.2 Å². The second-order valence-electron chi connectivity index (χ2n) is 4.05. The Morgan fingerprint density at radius 1 is 1.28 bits per heavy atom. The van der Waals surface area contributed by atoms with Crippen LogP contribution in [0.3, 0.4) is 0 Å². The summed E-state index contributed by atoms with van der Waals surface area (Å²) in [5.41, 5.74) is 6.14. The molecule has 0 radical (unpaired) electrons. The van der Waals surface area contributed by atoms with Crippen LogP contribution in [-0.4, -0.2) is 39.0 Å². The number of anilines is 1. The quantitative estimate of drug-likeness (QED) is 0.830. The van der Waals surface area contributed by atoms with Crippen LogP contribution >= 0.6 is 15.9 Å². The minimum Gasteiger partial charge on any atom is -0.398 e. The molecule has 2 rings (SSSR count). The number of halogens is 1. The zero-order valence-corrected chi connectivity index (χ0v) is 12.2. The summed E-state index contributed by atoms with van der Waals surface area (Å²) in [6.45, 7) is 1.91. The SMILES string of the molecule is Nc1cc(S(=O)(=O)N2CCCOCC2)ccc1Br. The third-order valence-electron chi connectivity index (χ3n) is 2.79. The molecule has 100 valence electrons. The summed E-state index contributed by atoms with van der Waals surface area (Å²) in [6, 6.07) is 4.68. The fourth-order valence-electron chi connectivity index (χ4n) is 1.79. The van der Waals surface area contributed by atoms with Gasteiger partial charge in [-0.25, -0.2) is 8.42 Å². The first-order valence-electron chi connectivity index (χ1n) is 5.65. The normalized spacial score (nSPS) is 18.5. The van der Waals surface area contributed by atoms with Crippen molar-refractivity contribution in [3.05, 3.63) is 22.7 Å². The maximum atomic E-state index is 12.4. The number of benzene rings is 1. The number of hydrogen-bond acceptors (Lipinski definition) is 4. The first-order chi connectivity index (χ1) is 8.51. The average Bonchev–Trinajstić information content (AvgIpc) is 2.61. The number of sulfonamides is 1. The highest BCUT2D eigenvalue weighted by Gasteiger charge is 2.25. The van der Waals surface area contributed by atoms with E-state index in [9.17, 15) is 8.42 Å². The molecule has 2 N–H and O–H groups in total. The first kappa shape index (κ1) is 13.8. The van der Waals surface area contributed by atoms with Crippen molar-refractivity contribution in [3.63, 3.8) is 0 Å². The molecule has 0 amide bonds. The molecule has 0 aromatic heterocycles. The molecule has 0 aliphatic carbocycles. The van der Waals surface area contributed by atoms with Gasteiger partial charge in [0.15, 0.2) is 0 Å². The predicted molar refractivity (Wildman–Crippen MR) is 72.7 cm³/mol. The van der Waals surface area contributed by atoms with Gasteiger partial charge in [0, 0.05) is 29.9 Å². The van der Waals surface area contributed by atoms with E-state index in [1.54, 1.807) is 12.1 Å². The summed E-state index contributed by atoms with van der Waals surface area (Å²) in [7, 11) is -3.47. The molecule has 0 saturated carbocycles. The van der Waals surface area contributed by atoms with Gasteiger partial charge in [-0.1, -0.05) is 0 Å². The van der Waals surface area contributed by atoms with Gasteiger partial charge in [-0.15, -0.1) is 0 Å². The van der Waals surface area contributed by atoms with Crippen LogP contribution in [-0.2, 0) is 14.8 Å². The molecule has 7 heteroatoms. The van der Waals surface area contributed by atoms with Crippen molar-refractivity contribution in [3.8, 4) is 0 Å². The number of nitrogens with zero attached hydrogens (tertiary/aromatic N) is 1. The summed E-state index contributed by atoms with van der Waals surface area (Å²) >= 11 is 3.25. The van der Waals surface area contributed by atoms with E-state index in [0.717, 1.165) is 0 Å². The van der Waals surface area contributed by atoms with E-state index in [-0.39, 0.29) is 4.90 Å². The molecule has 1 heterocycles. The lowest BCUT2D eigenvalue weighted by Gasteiger charge is -2.19. The van der Waals surface area contributed by atoms with Crippen molar-refractivity contribution in [1.29, 1.82) is 0 Å². The standard InChI is InChI=1S/C11H15BrN2O3S/c12-10-3-2-9(8-11(10)13)18(15,16)14-4-1-6-17-7-5-14/h2-3,8H,1,4-7,13H2. The lowest BCUT2D eigenvalue weighted by atomic mass is 10.3. The molecule has 1 aliphatic heterocycles. The Bertz CT molecular complexity index is 525. The topological polar surface area (TPSA) is 72.6 Å². The largest absolute Gasteiger partial charge is 0.398 e. The van der Waals surface area contributed by atoms with Crippen molar-refractivity contribution >= 4 is 31.6 Å². The monoisotopic (exact) mass is 334 g/mol. The highest BCUT2D eigenvalue weighted by molar-refractivity contribution is 9.10. The Morgan fingerprint density at radius 3 is 2.78 bits per heavy atom. The Hall–Kier alpha value is -0.630. The number of rotatable bonds is 2. The average molecular weight is 335 g/mol. The molecule has 0 spiro atoms. The van der Waals surface area contributed by atoms with Gasteiger partial charge in [0.05, 0.1) is 11.5 Å². The van der Waals surface area contributed by atoms with E-state index < -0.39 is 10.0 Å². The second-order valence-corrected chi connectivity index (χ2v) is 6.85. The van der Waals surface area contributed by atoms with Crippen molar-refractivity contribution in [2.45, 2.75) is 11.3 Å². The molecule has 0 atom stereocenters. The molecule has 0 bridgehead atoms. The van der Waals surface area contributed by atoms with Crippen molar-refractivity contribution in [1.82, 2.24) is 4.31 Å². The Balaban J connectivity index is 2.31. The van der Waals surface area contributed by atoms with Crippen molar-refractivity contribution in [2.75, 3.05) is 32.0 Å². The minimum atomic E-state index is -3.47. The second kappa shape index (κ2) is 5.56. The van der Waals surface area contributed by atoms with Crippen LogP contribution in [0.25, 0.3) is 0 Å². The zero-order valence-electron chi connectivity index (χ0n) is 9.80. The van der Waals surface area contributed by atoms with Crippen LogP contribution in [0.5, 0.6) is 0 Å². The first-order valence-corrected chi connectivity index (χ1v) is 7.88. The number of ether oxygens (including phenoxy) is 1. The maximum Gasteiger partial charge on any atom is 0.243 e. The van der Waals surface area contributed by atoms with Gasteiger partial charge in [-0.05, 0) is 40.5 Å². The summed E-state index contributed by atoms with van der Waals surface area (Å²) in [5.74, 6) is 0. The van der Waals surface area contributed by atoms with Crippen LogP contribution in [0.1, 0.15) is 6.42 Å². The van der Waals surface area contributed by atoms with Gasteiger partial charge < -0.3 is 10.5 Å². The highest BCUT2D eigenvalue weighted by Crippen LogP contribution is 2.25. The summed E-state index contributed by atoms with van der Waals surface area (Å²) in [4.78, 5) is 0.227. The van der Waals surface area contributed by atoms with E-state index in [2.05, 4.69) is 15.9 Å². The van der Waals surface area contributed by atoms with E-state index in [1.165, 1.54) is 10.4 Å². The van der Waals surface area contributed by atoms with Crippen LogP contribution in [0.4, 0.5) is 5.69 Å². The van der Waals surface area contributed by atoms with E-state index >= 15 is 0 Å². The fourth-order valence-corrected chi connectivity index (χ4v) is 3.54. The molecule has 1 aliphatic rings. The molecule has 1 aromatic carbocycles. The van der Waals surface area contributed by atoms with Gasteiger partial charge in [0.2, 0.25) is 10.0 Å². The van der Waals surface area contributed by atoms with E-state index in [4.69, 9.17) is 10.5 Å². The molecular formula is C11H15BrN2O3S. The smallest absolute Gasteiger partial charge is 0.243 e. The lowest BCUT2D eigenvalue weighted by Crippen LogP contribution is -2.33. The summed E-state index contributed by atoms with van der Waals surface area (Å²) in [5, 5.41) is 0. The number of hydrogen-bond donors (Lipinski definition) is 1. The number of nitrogens with two attached hydrogens (primary N) is 1. The number of nitrogen functional groups attached to an aromatic ring is 1. The minimum absolute atomic E-state index is 0.227. The van der Waals surface area contributed by atoms with E-state index in [0.29, 0.717) is 42.9 Å². The summed E-state index contributed by atoms with van der Waals surface area (Å²) in [6.07, 6.45) is 0.714. The molecule has 0 unspecified atom stereocenters. The third-order valence-corrected chi connectivity index (χ3v) is 5.40. The lowest BCUT2D eigenvalue weighted by molar-refractivity contribution is 0.148. The Kier molecular flexibility index (Phi) is 4.26. The van der Waals surface area contributed by atoms with Crippen LogP contribution in [0.15, 0.2) is 27.6 Å². The van der Waals surface area contributed by atoms with Gasteiger partial charge in [0.1, 0.15) is 0 Å². The Morgan fingerprint density at radius 2 is 2.06 bits per heavy atom. The molecular weight excluding hydrogens is 320 g/mol. The molecule has 1 saturated heterocycles. The fraction of sp³-hybridized carbons (Fsp3) is 0.455. The van der Waals surface area contributed by atoms with Crippen LogP contribution < -0.4 is 5.73 Å².